The Morgan fingerprint density at radius 2 is 2.15 bits per heavy atom. The number of anilines is 1. The van der Waals surface area contributed by atoms with Gasteiger partial charge in [-0.3, -0.25) is 14.2 Å². The van der Waals surface area contributed by atoms with Crippen molar-refractivity contribution in [2.24, 2.45) is 5.92 Å². The van der Waals surface area contributed by atoms with Crippen LogP contribution in [0, 0.1) is 11.7 Å². The van der Waals surface area contributed by atoms with Gasteiger partial charge in [0.05, 0.1) is 28.2 Å². The van der Waals surface area contributed by atoms with Gasteiger partial charge in [-0.2, -0.15) is 0 Å². The summed E-state index contributed by atoms with van der Waals surface area (Å²) in [5.41, 5.74) is 1.18. The van der Waals surface area contributed by atoms with Gasteiger partial charge in [0.2, 0.25) is 5.91 Å². The average molecular weight is 434 g/mol. The third-order valence-corrected chi connectivity index (χ3v) is 5.28. The van der Waals surface area contributed by atoms with Crippen molar-refractivity contribution in [2.75, 3.05) is 5.32 Å². The number of hydrogen-bond acceptors (Lipinski definition) is 4. The summed E-state index contributed by atoms with van der Waals surface area (Å²) in [7, 11) is 0. The van der Waals surface area contributed by atoms with E-state index >= 15 is 0 Å². The molecule has 0 bridgehead atoms. The molecule has 0 saturated heterocycles. The minimum atomic E-state index is -0.437. The molecule has 3 aromatic rings. The van der Waals surface area contributed by atoms with Crippen LogP contribution in [0.2, 0.25) is 0 Å². The van der Waals surface area contributed by atoms with E-state index in [0.29, 0.717) is 27.9 Å². The molecule has 1 N–H and O–H groups in total. The fourth-order valence-electron chi connectivity index (χ4n) is 3.09. The highest BCUT2D eigenvalue weighted by atomic mass is 79.9. The highest BCUT2D eigenvalue weighted by molar-refractivity contribution is 9.10. The number of halogens is 2. The maximum Gasteiger partial charge on any atom is 0.253 e. The van der Waals surface area contributed by atoms with Crippen molar-refractivity contribution in [3.05, 3.63) is 57.1 Å². The van der Waals surface area contributed by atoms with E-state index in [-0.39, 0.29) is 29.3 Å². The lowest BCUT2D eigenvalue weighted by molar-refractivity contribution is -0.117. The van der Waals surface area contributed by atoms with Crippen molar-refractivity contribution in [3.8, 4) is 0 Å². The van der Waals surface area contributed by atoms with Gasteiger partial charge in [-0.15, -0.1) is 5.10 Å². The first-order valence-electron chi connectivity index (χ1n) is 8.57. The van der Waals surface area contributed by atoms with Crippen LogP contribution in [0.5, 0.6) is 0 Å². The maximum atomic E-state index is 13.6. The van der Waals surface area contributed by atoms with Crippen LogP contribution in [0.4, 0.5) is 10.2 Å². The molecule has 1 fully saturated rings. The SMILES string of the molecule is CC(C)n1cnc([C@H]2C[C@H]2C(=O)Nc2cc3cc(Br)c(F)cn3n2)cc1=O. The van der Waals surface area contributed by atoms with E-state index < -0.39 is 5.82 Å². The van der Waals surface area contributed by atoms with Crippen molar-refractivity contribution < 1.29 is 9.18 Å². The first-order chi connectivity index (χ1) is 12.8. The number of carbonyl (C=O) groups excluding carboxylic acids is 1. The Bertz CT molecular complexity index is 1070. The van der Waals surface area contributed by atoms with Gasteiger partial charge in [0.1, 0.15) is 0 Å². The number of pyridine rings is 1. The van der Waals surface area contributed by atoms with Gasteiger partial charge in [0, 0.05) is 30.0 Å². The molecule has 0 aliphatic heterocycles. The molecular formula is C18H17BrFN5O2. The van der Waals surface area contributed by atoms with Crippen molar-refractivity contribution in [1.82, 2.24) is 19.2 Å². The molecule has 0 radical (unpaired) electrons. The van der Waals surface area contributed by atoms with Crippen molar-refractivity contribution in [2.45, 2.75) is 32.2 Å². The zero-order valence-electron chi connectivity index (χ0n) is 14.7. The summed E-state index contributed by atoms with van der Waals surface area (Å²) in [4.78, 5) is 28.9. The quantitative estimate of drug-likeness (QED) is 0.685. The fraction of sp³-hybridized carbons (Fsp3) is 0.333. The molecule has 3 aromatic heterocycles. The molecule has 1 aliphatic rings. The van der Waals surface area contributed by atoms with E-state index in [4.69, 9.17) is 0 Å². The topological polar surface area (TPSA) is 81.3 Å². The van der Waals surface area contributed by atoms with Crippen LogP contribution < -0.4 is 10.9 Å². The predicted octanol–water partition coefficient (Wildman–Crippen LogP) is 3.12. The molecule has 4 rings (SSSR count). The lowest BCUT2D eigenvalue weighted by Crippen LogP contribution is -2.22. The lowest BCUT2D eigenvalue weighted by Gasteiger charge is -2.09. The minimum Gasteiger partial charge on any atom is -0.309 e. The predicted molar refractivity (Wildman–Crippen MR) is 101 cm³/mol. The van der Waals surface area contributed by atoms with E-state index in [2.05, 4.69) is 31.3 Å². The number of rotatable bonds is 4. The van der Waals surface area contributed by atoms with Crippen LogP contribution in [-0.2, 0) is 4.79 Å². The summed E-state index contributed by atoms with van der Waals surface area (Å²) in [5, 5.41) is 6.92. The normalized spacial score (nSPS) is 18.9. The third kappa shape index (κ3) is 3.39. The lowest BCUT2D eigenvalue weighted by atomic mass is 10.2. The number of hydrogen-bond donors (Lipinski definition) is 1. The average Bonchev–Trinajstić information content (AvgIpc) is 3.32. The number of amides is 1. The first kappa shape index (κ1) is 17.8. The monoisotopic (exact) mass is 433 g/mol. The van der Waals surface area contributed by atoms with Gasteiger partial charge in [-0.25, -0.2) is 13.9 Å². The fourth-order valence-corrected chi connectivity index (χ4v) is 3.43. The maximum absolute atomic E-state index is 13.6. The Kier molecular flexibility index (Phi) is 4.33. The van der Waals surface area contributed by atoms with E-state index in [9.17, 15) is 14.0 Å². The Morgan fingerprint density at radius 1 is 1.37 bits per heavy atom. The Morgan fingerprint density at radius 3 is 2.85 bits per heavy atom. The summed E-state index contributed by atoms with van der Waals surface area (Å²) in [6, 6.07) is 4.80. The molecule has 0 unspecified atom stereocenters. The van der Waals surface area contributed by atoms with Crippen LogP contribution in [-0.4, -0.2) is 25.1 Å². The highest BCUT2D eigenvalue weighted by Crippen LogP contribution is 2.46. The second kappa shape index (κ2) is 6.56. The third-order valence-electron chi connectivity index (χ3n) is 4.67. The van der Waals surface area contributed by atoms with Crippen LogP contribution in [0.3, 0.4) is 0 Å². The Labute approximate surface area is 162 Å². The minimum absolute atomic E-state index is 0.0391. The largest absolute Gasteiger partial charge is 0.309 e. The number of carbonyl (C=O) groups is 1. The highest BCUT2D eigenvalue weighted by Gasteiger charge is 2.45. The van der Waals surface area contributed by atoms with Gasteiger partial charge in [0.15, 0.2) is 11.6 Å². The van der Waals surface area contributed by atoms with Gasteiger partial charge in [-0.05, 0) is 42.3 Å². The first-order valence-corrected chi connectivity index (χ1v) is 9.36. The van der Waals surface area contributed by atoms with Gasteiger partial charge in [-0.1, -0.05) is 0 Å². The van der Waals surface area contributed by atoms with Gasteiger partial charge >= 0.3 is 0 Å². The molecule has 2 atom stereocenters. The van der Waals surface area contributed by atoms with E-state index in [0.717, 1.165) is 0 Å². The number of aromatic nitrogens is 4. The second-order valence-corrected chi connectivity index (χ2v) is 7.81. The van der Waals surface area contributed by atoms with Crippen molar-refractivity contribution in [3.63, 3.8) is 0 Å². The molecule has 1 amide bonds. The summed E-state index contributed by atoms with van der Waals surface area (Å²) in [6.45, 7) is 3.82. The van der Waals surface area contributed by atoms with Crippen LogP contribution in [0.25, 0.3) is 5.52 Å². The van der Waals surface area contributed by atoms with Crippen LogP contribution >= 0.6 is 15.9 Å². The van der Waals surface area contributed by atoms with Gasteiger partial charge in [0.25, 0.3) is 5.56 Å². The zero-order chi connectivity index (χ0) is 19.3. The van der Waals surface area contributed by atoms with Gasteiger partial charge < -0.3 is 5.32 Å². The Balaban J connectivity index is 1.47. The van der Waals surface area contributed by atoms with Crippen molar-refractivity contribution in [1.29, 1.82) is 0 Å². The summed E-state index contributed by atoms with van der Waals surface area (Å²) in [6.07, 6.45) is 3.41. The number of fused-ring (bicyclic) bond motifs is 1. The standard InChI is InChI=1S/C18H17BrFN5O2/c1-9(2)24-8-21-15(6-17(24)26)11-5-12(11)18(27)22-16-4-10-3-13(19)14(20)7-25(10)23-16/h3-4,6-9,11-12H,5H2,1-2H3,(H,22,23,27)/t11-,12+/m0/s1. The smallest absolute Gasteiger partial charge is 0.253 e. The van der Waals surface area contributed by atoms with Crippen LogP contribution in [0.1, 0.15) is 37.9 Å². The van der Waals surface area contributed by atoms with Crippen LogP contribution in [0.15, 0.2) is 40.0 Å². The molecule has 1 aliphatic carbocycles. The van der Waals surface area contributed by atoms with E-state index in [1.807, 2.05) is 13.8 Å². The number of nitrogens with one attached hydrogen (secondary N) is 1. The molecule has 140 valence electrons. The Hall–Kier alpha value is -2.55. The molecular weight excluding hydrogens is 417 g/mol. The summed E-state index contributed by atoms with van der Waals surface area (Å²) in [5.74, 6) is -0.583. The molecule has 3 heterocycles. The summed E-state index contributed by atoms with van der Waals surface area (Å²) >= 11 is 3.13. The molecule has 1 saturated carbocycles. The van der Waals surface area contributed by atoms with E-state index in [1.54, 1.807) is 16.7 Å². The molecule has 0 aromatic carbocycles. The zero-order valence-corrected chi connectivity index (χ0v) is 16.3. The molecule has 27 heavy (non-hydrogen) atoms. The van der Waals surface area contributed by atoms with Crippen molar-refractivity contribution >= 4 is 33.2 Å². The molecule has 0 spiro atoms. The number of nitrogens with zero attached hydrogens (tertiary/aromatic N) is 4. The molecule has 9 heteroatoms. The van der Waals surface area contributed by atoms with E-state index in [1.165, 1.54) is 23.1 Å². The summed E-state index contributed by atoms with van der Waals surface area (Å²) < 4.78 is 16.8. The second-order valence-electron chi connectivity index (χ2n) is 6.96. The molecule has 7 nitrogen and oxygen atoms in total.